The third-order valence-electron chi connectivity index (χ3n) is 4.36. The number of pyridine rings is 1. The van der Waals surface area contributed by atoms with Crippen molar-refractivity contribution in [3.05, 3.63) is 82.9 Å². The zero-order valence-electron chi connectivity index (χ0n) is 15.3. The Labute approximate surface area is 154 Å². The lowest BCUT2D eigenvalue weighted by Crippen LogP contribution is -2.25. The molecular formula is C21H24N4O. The Balaban J connectivity index is 1.84. The number of aryl methyl sites for hydroxylation is 1. The van der Waals surface area contributed by atoms with E-state index in [9.17, 15) is 4.79 Å². The average molecular weight is 348 g/mol. The molecule has 1 N–H and O–H groups in total. The summed E-state index contributed by atoms with van der Waals surface area (Å²) in [5.41, 5.74) is 4.55. The van der Waals surface area contributed by atoms with Crippen molar-refractivity contribution in [3.63, 3.8) is 0 Å². The molecule has 134 valence electrons. The molecule has 2 aromatic heterocycles. The summed E-state index contributed by atoms with van der Waals surface area (Å²) in [4.78, 5) is 17.1. The van der Waals surface area contributed by atoms with Gasteiger partial charge in [0, 0.05) is 6.20 Å². The predicted molar refractivity (Wildman–Crippen MR) is 102 cm³/mol. The minimum absolute atomic E-state index is 0.0799. The van der Waals surface area contributed by atoms with E-state index in [0.717, 1.165) is 29.9 Å². The molecule has 0 bridgehead atoms. The normalized spacial score (nSPS) is 10.7. The first-order chi connectivity index (χ1) is 12.7. The van der Waals surface area contributed by atoms with Crippen LogP contribution in [0.15, 0.2) is 54.7 Å². The molecular weight excluding hydrogens is 324 g/mol. The van der Waals surface area contributed by atoms with Gasteiger partial charge in [-0.05, 0) is 30.5 Å². The van der Waals surface area contributed by atoms with Crippen molar-refractivity contribution in [2.45, 2.75) is 39.8 Å². The third-order valence-corrected chi connectivity index (χ3v) is 4.36. The standard InChI is InChI=1S/C21H24N4O/c1-3-18-20(21(26)23-14-17-12-8-9-13-22-17)19(4-2)25(24-18)15-16-10-6-5-7-11-16/h5-13H,3-4,14-15H2,1-2H3,(H,23,26). The van der Waals surface area contributed by atoms with E-state index in [2.05, 4.69) is 29.4 Å². The van der Waals surface area contributed by atoms with Crippen molar-refractivity contribution in [1.29, 1.82) is 0 Å². The first-order valence-electron chi connectivity index (χ1n) is 9.03. The maximum atomic E-state index is 12.9. The van der Waals surface area contributed by atoms with Crippen LogP contribution in [0.25, 0.3) is 0 Å². The largest absolute Gasteiger partial charge is 0.346 e. The lowest BCUT2D eigenvalue weighted by atomic mass is 10.1. The SMILES string of the molecule is CCc1nn(Cc2ccccc2)c(CC)c1C(=O)NCc1ccccn1. The van der Waals surface area contributed by atoms with Crippen LogP contribution in [0.3, 0.4) is 0 Å². The van der Waals surface area contributed by atoms with Gasteiger partial charge in [0.15, 0.2) is 0 Å². The first kappa shape index (κ1) is 17.9. The van der Waals surface area contributed by atoms with E-state index in [1.807, 2.05) is 48.0 Å². The Morgan fingerprint density at radius 3 is 2.46 bits per heavy atom. The van der Waals surface area contributed by atoms with Gasteiger partial charge in [-0.15, -0.1) is 0 Å². The Bertz CT molecular complexity index is 856. The van der Waals surface area contributed by atoms with Gasteiger partial charge in [0.2, 0.25) is 0 Å². The number of rotatable bonds is 7. The Hall–Kier alpha value is -2.95. The lowest BCUT2D eigenvalue weighted by molar-refractivity contribution is 0.0948. The van der Waals surface area contributed by atoms with Gasteiger partial charge in [0.25, 0.3) is 5.91 Å². The van der Waals surface area contributed by atoms with Crippen LogP contribution in [0.2, 0.25) is 0 Å². The van der Waals surface area contributed by atoms with E-state index in [4.69, 9.17) is 5.10 Å². The number of amides is 1. The topological polar surface area (TPSA) is 59.8 Å². The number of nitrogens with zero attached hydrogens (tertiary/aromatic N) is 3. The van der Waals surface area contributed by atoms with Crippen LogP contribution in [0.4, 0.5) is 0 Å². The van der Waals surface area contributed by atoms with Crippen LogP contribution in [0, 0.1) is 0 Å². The fraction of sp³-hybridized carbons (Fsp3) is 0.286. The van der Waals surface area contributed by atoms with Crippen LogP contribution in [0.1, 0.15) is 46.9 Å². The number of aromatic nitrogens is 3. The zero-order valence-corrected chi connectivity index (χ0v) is 15.3. The quantitative estimate of drug-likeness (QED) is 0.712. The molecule has 5 nitrogen and oxygen atoms in total. The summed E-state index contributed by atoms with van der Waals surface area (Å²) < 4.78 is 1.96. The summed E-state index contributed by atoms with van der Waals surface area (Å²) in [6, 6.07) is 15.9. The highest BCUT2D eigenvalue weighted by molar-refractivity contribution is 5.96. The predicted octanol–water partition coefficient (Wildman–Crippen LogP) is 3.38. The lowest BCUT2D eigenvalue weighted by Gasteiger charge is -2.09. The smallest absolute Gasteiger partial charge is 0.255 e. The van der Waals surface area contributed by atoms with Gasteiger partial charge in [0.1, 0.15) is 0 Å². The molecule has 0 radical (unpaired) electrons. The Kier molecular flexibility index (Phi) is 5.79. The fourth-order valence-electron chi connectivity index (χ4n) is 3.07. The monoisotopic (exact) mass is 348 g/mol. The van der Waals surface area contributed by atoms with Crippen molar-refractivity contribution < 1.29 is 4.79 Å². The molecule has 0 aliphatic rings. The first-order valence-corrected chi connectivity index (χ1v) is 9.03. The Morgan fingerprint density at radius 2 is 1.81 bits per heavy atom. The van der Waals surface area contributed by atoms with Crippen molar-refractivity contribution in [3.8, 4) is 0 Å². The van der Waals surface area contributed by atoms with E-state index in [-0.39, 0.29) is 5.91 Å². The molecule has 3 rings (SSSR count). The van der Waals surface area contributed by atoms with Crippen LogP contribution < -0.4 is 5.32 Å². The van der Waals surface area contributed by atoms with Crippen molar-refractivity contribution in [2.75, 3.05) is 0 Å². The molecule has 0 aliphatic carbocycles. The summed E-state index contributed by atoms with van der Waals surface area (Å²) in [5.74, 6) is -0.0799. The second-order valence-corrected chi connectivity index (χ2v) is 6.12. The van der Waals surface area contributed by atoms with Gasteiger partial charge in [0.05, 0.1) is 35.7 Å². The number of benzene rings is 1. The minimum Gasteiger partial charge on any atom is -0.346 e. The molecule has 0 atom stereocenters. The molecule has 5 heteroatoms. The second kappa shape index (κ2) is 8.43. The van der Waals surface area contributed by atoms with Crippen LogP contribution in [0.5, 0.6) is 0 Å². The van der Waals surface area contributed by atoms with Gasteiger partial charge in [-0.2, -0.15) is 5.10 Å². The van der Waals surface area contributed by atoms with E-state index in [1.165, 1.54) is 5.56 Å². The summed E-state index contributed by atoms with van der Waals surface area (Å²) in [5, 5.41) is 7.70. The van der Waals surface area contributed by atoms with Crippen molar-refractivity contribution in [2.24, 2.45) is 0 Å². The zero-order chi connectivity index (χ0) is 18.4. The van der Waals surface area contributed by atoms with Crippen molar-refractivity contribution in [1.82, 2.24) is 20.1 Å². The van der Waals surface area contributed by atoms with Gasteiger partial charge in [-0.25, -0.2) is 0 Å². The molecule has 1 amide bonds. The van der Waals surface area contributed by atoms with E-state index in [0.29, 0.717) is 18.7 Å². The van der Waals surface area contributed by atoms with Gasteiger partial charge >= 0.3 is 0 Å². The third kappa shape index (κ3) is 3.99. The average Bonchev–Trinajstić information content (AvgIpc) is 3.05. The number of nitrogens with one attached hydrogen (secondary N) is 1. The molecule has 2 heterocycles. The van der Waals surface area contributed by atoms with E-state index < -0.39 is 0 Å². The van der Waals surface area contributed by atoms with Gasteiger partial charge in [-0.3, -0.25) is 14.5 Å². The summed E-state index contributed by atoms with van der Waals surface area (Å²) in [7, 11) is 0. The molecule has 0 unspecified atom stereocenters. The molecule has 0 spiro atoms. The Morgan fingerprint density at radius 1 is 1.04 bits per heavy atom. The summed E-state index contributed by atoms with van der Waals surface area (Å²) >= 11 is 0. The molecule has 0 saturated carbocycles. The van der Waals surface area contributed by atoms with Gasteiger partial charge in [-0.1, -0.05) is 50.2 Å². The van der Waals surface area contributed by atoms with Crippen LogP contribution >= 0.6 is 0 Å². The second-order valence-electron chi connectivity index (χ2n) is 6.12. The minimum atomic E-state index is -0.0799. The highest BCUT2D eigenvalue weighted by Crippen LogP contribution is 2.18. The highest BCUT2D eigenvalue weighted by atomic mass is 16.1. The van der Waals surface area contributed by atoms with Gasteiger partial charge < -0.3 is 5.32 Å². The number of hydrogen-bond donors (Lipinski definition) is 1. The highest BCUT2D eigenvalue weighted by Gasteiger charge is 2.21. The summed E-state index contributed by atoms with van der Waals surface area (Å²) in [6.07, 6.45) is 3.21. The summed E-state index contributed by atoms with van der Waals surface area (Å²) in [6.45, 7) is 5.18. The van der Waals surface area contributed by atoms with Crippen LogP contribution in [-0.2, 0) is 25.9 Å². The van der Waals surface area contributed by atoms with Crippen LogP contribution in [-0.4, -0.2) is 20.7 Å². The van der Waals surface area contributed by atoms with E-state index in [1.54, 1.807) is 6.20 Å². The molecule has 1 aromatic carbocycles. The fourth-order valence-corrected chi connectivity index (χ4v) is 3.07. The molecule has 26 heavy (non-hydrogen) atoms. The number of carbonyl (C=O) groups excluding carboxylic acids is 1. The number of carbonyl (C=O) groups is 1. The molecule has 0 aliphatic heterocycles. The number of hydrogen-bond acceptors (Lipinski definition) is 3. The van der Waals surface area contributed by atoms with Crippen molar-refractivity contribution >= 4 is 5.91 Å². The maximum absolute atomic E-state index is 12.9. The molecule has 0 saturated heterocycles. The molecule has 3 aromatic rings. The van der Waals surface area contributed by atoms with E-state index >= 15 is 0 Å². The molecule has 0 fully saturated rings. The maximum Gasteiger partial charge on any atom is 0.255 e.